The number of rotatable bonds is 2. The van der Waals surface area contributed by atoms with Gasteiger partial charge in [0.1, 0.15) is 0 Å². The molecule has 0 N–H and O–H groups in total. The Labute approximate surface area is 135 Å². The molecule has 0 aromatic heterocycles. The molecule has 1 heteroatoms. The molecular weight excluding hydrogens is 268 g/mol. The lowest BCUT2D eigenvalue weighted by Gasteiger charge is -2.55. The molecule has 1 nitrogen and oxygen atoms in total. The van der Waals surface area contributed by atoms with Gasteiger partial charge in [-0.2, -0.15) is 0 Å². The topological polar surface area (TPSA) is 17.1 Å². The molecule has 3 radical (unpaired) electrons. The minimum Gasteiger partial charge on any atom is -0.295 e. The second kappa shape index (κ2) is 5.49. The highest BCUT2D eigenvalue weighted by Crippen LogP contribution is 2.63. The van der Waals surface area contributed by atoms with Gasteiger partial charge < -0.3 is 0 Å². The van der Waals surface area contributed by atoms with Crippen molar-refractivity contribution in [2.24, 2.45) is 29.1 Å². The normalized spacial score (nSPS) is 45.0. The Bertz CT molecular complexity index is 490. The van der Waals surface area contributed by atoms with E-state index in [1.165, 1.54) is 50.5 Å². The molecule has 4 aliphatic carbocycles. The van der Waals surface area contributed by atoms with Crippen LogP contribution in [0.15, 0.2) is 11.6 Å². The molecule has 0 saturated heterocycles. The van der Waals surface area contributed by atoms with E-state index in [2.05, 4.69) is 20.3 Å². The van der Waals surface area contributed by atoms with Crippen molar-refractivity contribution in [1.82, 2.24) is 0 Å². The maximum atomic E-state index is 11.9. The molecule has 3 fully saturated rings. The summed E-state index contributed by atoms with van der Waals surface area (Å²) in [5.41, 5.74) is 1.84. The zero-order valence-electron chi connectivity index (χ0n) is 14.2. The molecule has 0 heterocycles. The van der Waals surface area contributed by atoms with Crippen LogP contribution < -0.4 is 0 Å². The van der Waals surface area contributed by atoms with Gasteiger partial charge in [0.05, 0.1) is 0 Å². The summed E-state index contributed by atoms with van der Waals surface area (Å²) >= 11 is 0. The molecule has 3 saturated carbocycles. The zero-order chi connectivity index (χ0) is 15.3. The number of hydrogen-bond acceptors (Lipinski definition) is 1. The van der Waals surface area contributed by atoms with E-state index in [0.717, 1.165) is 36.5 Å². The lowest BCUT2D eigenvalue weighted by atomic mass is 9.49. The lowest BCUT2D eigenvalue weighted by molar-refractivity contribution is -0.115. The predicted octanol–water partition coefficient (Wildman–Crippen LogP) is 5.19. The smallest absolute Gasteiger partial charge is 0.155 e. The van der Waals surface area contributed by atoms with Crippen molar-refractivity contribution in [1.29, 1.82) is 0 Å². The van der Waals surface area contributed by atoms with Crippen molar-refractivity contribution >= 4 is 5.78 Å². The summed E-state index contributed by atoms with van der Waals surface area (Å²) in [5.74, 6) is 5.37. The maximum absolute atomic E-state index is 11.9. The number of ketones is 1. The Morgan fingerprint density at radius 1 is 1.32 bits per heavy atom. The van der Waals surface area contributed by atoms with Crippen LogP contribution in [-0.4, -0.2) is 5.78 Å². The summed E-state index contributed by atoms with van der Waals surface area (Å²) in [5, 5.41) is 0. The molecule has 0 aromatic rings. The average molecular weight is 297 g/mol. The number of allylic oxidation sites excluding steroid dienone is 1. The molecule has 5 atom stereocenters. The molecule has 0 aliphatic heterocycles. The Kier molecular flexibility index (Phi) is 3.74. The summed E-state index contributed by atoms with van der Waals surface area (Å²) in [7, 11) is 0. The molecule has 0 amide bonds. The van der Waals surface area contributed by atoms with Crippen LogP contribution in [-0.2, 0) is 4.79 Å². The van der Waals surface area contributed by atoms with Gasteiger partial charge in [-0.05, 0) is 80.1 Å². The monoisotopic (exact) mass is 297 g/mol. The molecule has 119 valence electrons. The summed E-state index contributed by atoms with van der Waals surface area (Å²) in [6.45, 7) is 4.80. The average Bonchev–Trinajstić information content (AvgIpc) is 2.88. The van der Waals surface area contributed by atoms with Crippen LogP contribution in [0.4, 0.5) is 0 Å². The van der Waals surface area contributed by atoms with Gasteiger partial charge in [0, 0.05) is 12.3 Å². The van der Waals surface area contributed by atoms with Gasteiger partial charge in [0.15, 0.2) is 5.78 Å². The van der Waals surface area contributed by atoms with E-state index in [9.17, 15) is 4.79 Å². The molecule has 22 heavy (non-hydrogen) atoms. The van der Waals surface area contributed by atoms with Crippen LogP contribution in [0.3, 0.4) is 0 Å². The summed E-state index contributed by atoms with van der Waals surface area (Å²) in [6.07, 6.45) is 16.7. The van der Waals surface area contributed by atoms with E-state index in [1.54, 1.807) is 5.92 Å². The van der Waals surface area contributed by atoms with Crippen molar-refractivity contribution in [3.8, 4) is 0 Å². The Morgan fingerprint density at radius 3 is 3.00 bits per heavy atom. The largest absolute Gasteiger partial charge is 0.295 e. The molecule has 0 aromatic carbocycles. The quantitative estimate of drug-likeness (QED) is 0.685. The standard InChI is InChI=1S/C21H29O/c1-3-5-14-12-15-13-16(22)7-8-17(15)18-9-11-21(2)10-4-6-19(21)20(14)18/h13-14,18-20H,3-9,11-12H2,1-2H3/t14-,18-,19+,20-,21+/m1/s1. The number of fused-ring (bicyclic) bond motifs is 5. The van der Waals surface area contributed by atoms with Gasteiger partial charge in [-0.15, -0.1) is 0 Å². The van der Waals surface area contributed by atoms with Crippen LogP contribution in [0.2, 0.25) is 0 Å². The maximum Gasteiger partial charge on any atom is 0.155 e. The van der Waals surface area contributed by atoms with Crippen molar-refractivity contribution in [3.05, 3.63) is 24.0 Å². The molecule has 0 unspecified atom stereocenters. The third-order valence-corrected chi connectivity index (χ3v) is 7.23. The fraction of sp³-hybridized carbons (Fsp3) is 0.762. The molecule has 0 bridgehead atoms. The van der Waals surface area contributed by atoms with Crippen molar-refractivity contribution in [2.75, 3.05) is 0 Å². The molecule has 4 aliphatic rings. The van der Waals surface area contributed by atoms with E-state index in [4.69, 9.17) is 0 Å². The van der Waals surface area contributed by atoms with Crippen molar-refractivity contribution in [3.63, 3.8) is 0 Å². The van der Waals surface area contributed by atoms with E-state index < -0.39 is 0 Å². The van der Waals surface area contributed by atoms with Crippen LogP contribution in [0.25, 0.3) is 0 Å². The minimum atomic E-state index is 0.371. The number of carbonyl (C=O) groups excluding carboxylic acids is 1. The Morgan fingerprint density at radius 2 is 2.18 bits per heavy atom. The van der Waals surface area contributed by atoms with Gasteiger partial charge in [0.2, 0.25) is 0 Å². The summed E-state index contributed by atoms with van der Waals surface area (Å²) in [4.78, 5) is 11.9. The molecule has 0 spiro atoms. The molecule has 4 rings (SSSR count). The first kappa shape index (κ1) is 15.0. The van der Waals surface area contributed by atoms with Gasteiger partial charge in [-0.3, -0.25) is 4.79 Å². The minimum absolute atomic E-state index is 0.371. The first-order valence-electron chi connectivity index (χ1n) is 9.47. The predicted molar refractivity (Wildman–Crippen MR) is 88.9 cm³/mol. The Hall–Kier alpha value is -0.590. The van der Waals surface area contributed by atoms with Crippen molar-refractivity contribution in [2.45, 2.75) is 71.6 Å². The van der Waals surface area contributed by atoms with Crippen LogP contribution in [0, 0.1) is 41.4 Å². The summed E-state index contributed by atoms with van der Waals surface area (Å²) < 4.78 is 0. The van der Waals surface area contributed by atoms with E-state index in [-0.39, 0.29) is 0 Å². The van der Waals surface area contributed by atoms with Crippen LogP contribution in [0.1, 0.15) is 71.6 Å². The third kappa shape index (κ3) is 2.22. The van der Waals surface area contributed by atoms with Crippen LogP contribution in [0.5, 0.6) is 0 Å². The van der Waals surface area contributed by atoms with Gasteiger partial charge in [-0.1, -0.05) is 32.3 Å². The third-order valence-electron chi connectivity index (χ3n) is 7.23. The van der Waals surface area contributed by atoms with Gasteiger partial charge >= 0.3 is 0 Å². The van der Waals surface area contributed by atoms with Gasteiger partial charge in [0.25, 0.3) is 0 Å². The summed E-state index contributed by atoms with van der Waals surface area (Å²) in [6, 6.07) is 0. The van der Waals surface area contributed by atoms with Crippen molar-refractivity contribution < 1.29 is 4.79 Å². The second-order valence-electron chi connectivity index (χ2n) is 8.38. The highest BCUT2D eigenvalue weighted by molar-refractivity contribution is 5.92. The fourth-order valence-corrected chi connectivity index (χ4v) is 6.32. The van der Waals surface area contributed by atoms with Gasteiger partial charge in [-0.25, -0.2) is 0 Å². The second-order valence-corrected chi connectivity index (χ2v) is 8.38. The van der Waals surface area contributed by atoms with E-state index >= 15 is 0 Å². The molecular formula is C21H29O. The number of carbonyl (C=O) groups is 1. The first-order valence-corrected chi connectivity index (χ1v) is 9.47. The lowest BCUT2D eigenvalue weighted by Crippen LogP contribution is -2.48. The van der Waals surface area contributed by atoms with E-state index in [1.807, 2.05) is 6.08 Å². The Balaban J connectivity index is 1.69. The van der Waals surface area contributed by atoms with Crippen LogP contribution >= 0.6 is 0 Å². The first-order chi connectivity index (χ1) is 10.6. The fourth-order valence-electron chi connectivity index (χ4n) is 6.32. The zero-order valence-corrected chi connectivity index (χ0v) is 14.2. The number of hydrogen-bond donors (Lipinski definition) is 0. The highest BCUT2D eigenvalue weighted by Gasteiger charge is 2.55. The SMILES string of the molecule is CCC[C@@H]1CC2=CC(=O)CC[C]2[C@H]2CC[C@]3(C)[C]CC[C@H]3[C@H]12. The highest BCUT2D eigenvalue weighted by atomic mass is 16.1. The van der Waals surface area contributed by atoms with E-state index in [0.29, 0.717) is 11.2 Å².